The number of halogens is 3. The van der Waals surface area contributed by atoms with Crippen molar-refractivity contribution in [2.75, 3.05) is 19.6 Å². The van der Waals surface area contributed by atoms with E-state index in [4.69, 9.17) is 5.73 Å². The molecule has 0 aromatic carbocycles. The van der Waals surface area contributed by atoms with Crippen molar-refractivity contribution in [2.24, 2.45) is 17.6 Å². The summed E-state index contributed by atoms with van der Waals surface area (Å²) in [6.07, 6.45) is -3.93. The van der Waals surface area contributed by atoms with E-state index >= 15 is 0 Å². The van der Waals surface area contributed by atoms with Crippen LogP contribution in [0.5, 0.6) is 0 Å². The van der Waals surface area contributed by atoms with Crippen LogP contribution in [-0.2, 0) is 9.59 Å². The predicted molar refractivity (Wildman–Crippen MR) is 71.2 cm³/mol. The fourth-order valence-corrected chi connectivity index (χ4v) is 2.18. The van der Waals surface area contributed by atoms with Crippen molar-refractivity contribution < 1.29 is 22.8 Å². The highest BCUT2D eigenvalue weighted by Gasteiger charge is 2.43. The van der Waals surface area contributed by atoms with Gasteiger partial charge in [0, 0.05) is 19.6 Å². The molecule has 0 unspecified atom stereocenters. The van der Waals surface area contributed by atoms with Crippen LogP contribution in [0.25, 0.3) is 0 Å². The Balaban J connectivity index is 2.34. The Hall–Kier alpha value is -1.31. The predicted octanol–water partition coefficient (Wildman–Crippen LogP) is 0.887. The molecule has 0 aromatic rings. The summed E-state index contributed by atoms with van der Waals surface area (Å²) in [6.45, 7) is 4.19. The minimum Gasteiger partial charge on any atom is -0.354 e. The van der Waals surface area contributed by atoms with Crippen LogP contribution in [0.15, 0.2) is 0 Å². The minimum absolute atomic E-state index is 0.0243. The number of nitrogens with zero attached hydrogens (tertiary/aromatic N) is 1. The number of likely N-dealkylation sites (tertiary alicyclic amines) is 1. The van der Waals surface area contributed by atoms with Crippen LogP contribution >= 0.6 is 0 Å². The molecule has 1 fully saturated rings. The molecule has 1 aliphatic rings. The molecule has 1 saturated heterocycles. The van der Waals surface area contributed by atoms with Gasteiger partial charge < -0.3 is 16.0 Å². The Morgan fingerprint density at radius 1 is 1.29 bits per heavy atom. The summed E-state index contributed by atoms with van der Waals surface area (Å²) < 4.78 is 36.9. The fourth-order valence-electron chi connectivity index (χ4n) is 2.18. The largest absolute Gasteiger partial charge is 0.471 e. The maximum atomic E-state index is 12.3. The molecule has 1 heterocycles. The Morgan fingerprint density at radius 2 is 1.81 bits per heavy atom. The molecular weight excluding hydrogens is 287 g/mol. The molecule has 0 saturated carbocycles. The van der Waals surface area contributed by atoms with E-state index in [1.807, 2.05) is 13.8 Å². The second-order valence-corrected chi connectivity index (χ2v) is 5.75. The molecule has 2 amide bonds. The van der Waals surface area contributed by atoms with Crippen LogP contribution in [-0.4, -0.2) is 48.6 Å². The summed E-state index contributed by atoms with van der Waals surface area (Å²) in [7, 11) is 0. The number of hydrogen-bond donors (Lipinski definition) is 2. The number of carbonyl (C=O) groups excluding carboxylic acids is 2. The van der Waals surface area contributed by atoms with Crippen LogP contribution in [0.3, 0.4) is 0 Å². The van der Waals surface area contributed by atoms with Gasteiger partial charge in [-0.25, -0.2) is 0 Å². The summed E-state index contributed by atoms with van der Waals surface area (Å²) in [6, 6.07) is -0.586. The molecule has 1 atom stereocenters. The van der Waals surface area contributed by atoms with E-state index in [0.29, 0.717) is 19.4 Å². The minimum atomic E-state index is -4.81. The van der Waals surface area contributed by atoms with Gasteiger partial charge in [-0.3, -0.25) is 9.59 Å². The Kier molecular flexibility index (Phi) is 6.00. The molecule has 0 spiro atoms. The van der Waals surface area contributed by atoms with Gasteiger partial charge in [0.2, 0.25) is 5.91 Å². The van der Waals surface area contributed by atoms with Gasteiger partial charge in [-0.15, -0.1) is 0 Å². The summed E-state index contributed by atoms with van der Waals surface area (Å²) in [5, 5.41) is 2.72. The first-order chi connectivity index (χ1) is 9.62. The number of nitrogens with two attached hydrogens (primary N) is 1. The number of alkyl halides is 3. The molecule has 0 radical (unpaired) electrons. The summed E-state index contributed by atoms with van der Waals surface area (Å²) in [4.78, 5) is 23.6. The molecule has 0 bridgehead atoms. The van der Waals surface area contributed by atoms with Gasteiger partial charge in [0.05, 0.1) is 6.04 Å². The lowest BCUT2D eigenvalue weighted by atomic mass is 9.96. The third-order valence-corrected chi connectivity index (χ3v) is 3.73. The van der Waals surface area contributed by atoms with E-state index in [2.05, 4.69) is 5.32 Å². The highest BCUT2D eigenvalue weighted by Crippen LogP contribution is 2.23. The number of rotatable bonds is 4. The van der Waals surface area contributed by atoms with Gasteiger partial charge in [-0.2, -0.15) is 13.2 Å². The van der Waals surface area contributed by atoms with Crippen molar-refractivity contribution >= 4 is 11.8 Å². The van der Waals surface area contributed by atoms with E-state index in [-0.39, 0.29) is 30.8 Å². The van der Waals surface area contributed by atoms with Crippen LogP contribution in [0.4, 0.5) is 13.2 Å². The number of nitrogens with one attached hydrogen (secondary N) is 1. The van der Waals surface area contributed by atoms with Gasteiger partial charge >= 0.3 is 12.1 Å². The molecule has 122 valence electrons. The molecule has 8 heteroatoms. The average molecular weight is 309 g/mol. The zero-order valence-corrected chi connectivity index (χ0v) is 12.2. The highest BCUT2D eigenvalue weighted by molar-refractivity contribution is 5.82. The smallest absolute Gasteiger partial charge is 0.354 e. The molecule has 3 N–H and O–H groups in total. The second-order valence-electron chi connectivity index (χ2n) is 5.75. The quantitative estimate of drug-likeness (QED) is 0.810. The Bertz CT molecular complexity index is 377. The zero-order chi connectivity index (χ0) is 16.2. The second kappa shape index (κ2) is 7.11. The van der Waals surface area contributed by atoms with Gasteiger partial charge in [0.15, 0.2) is 0 Å². The Morgan fingerprint density at radius 3 is 2.24 bits per heavy atom. The lowest BCUT2D eigenvalue weighted by Gasteiger charge is -2.32. The molecule has 5 nitrogen and oxygen atoms in total. The maximum Gasteiger partial charge on any atom is 0.471 e. The third-order valence-electron chi connectivity index (χ3n) is 3.73. The van der Waals surface area contributed by atoms with E-state index in [9.17, 15) is 22.8 Å². The van der Waals surface area contributed by atoms with Crippen LogP contribution in [0, 0.1) is 11.8 Å². The monoisotopic (exact) mass is 309 g/mol. The van der Waals surface area contributed by atoms with Crippen molar-refractivity contribution in [1.29, 1.82) is 0 Å². The standard InChI is InChI=1S/C13H22F3N3O2/c1-8(2)10(17)11(20)18-7-9-3-5-19(6-4-9)12(21)13(14,15)16/h8-10H,3-7,17H2,1-2H3,(H,18,20)/t10-/m0/s1. The van der Waals surface area contributed by atoms with E-state index in [1.54, 1.807) is 0 Å². The van der Waals surface area contributed by atoms with Gasteiger partial charge in [0.1, 0.15) is 0 Å². The topological polar surface area (TPSA) is 75.4 Å². The summed E-state index contributed by atoms with van der Waals surface area (Å²) in [5.74, 6) is -1.94. The highest BCUT2D eigenvalue weighted by atomic mass is 19.4. The van der Waals surface area contributed by atoms with E-state index < -0.39 is 18.1 Å². The van der Waals surface area contributed by atoms with E-state index in [0.717, 1.165) is 4.90 Å². The first-order valence-electron chi connectivity index (χ1n) is 7.02. The van der Waals surface area contributed by atoms with E-state index in [1.165, 1.54) is 0 Å². The number of piperidine rings is 1. The first-order valence-corrected chi connectivity index (χ1v) is 7.02. The molecule has 21 heavy (non-hydrogen) atoms. The normalized spacial score (nSPS) is 18.7. The number of carbonyl (C=O) groups is 2. The molecule has 0 aromatic heterocycles. The van der Waals surface area contributed by atoms with Crippen molar-refractivity contribution in [3.05, 3.63) is 0 Å². The van der Waals surface area contributed by atoms with Crippen molar-refractivity contribution in [3.8, 4) is 0 Å². The van der Waals surface area contributed by atoms with Gasteiger partial charge in [-0.1, -0.05) is 13.8 Å². The summed E-state index contributed by atoms with van der Waals surface area (Å²) in [5.41, 5.74) is 5.70. The number of hydrogen-bond acceptors (Lipinski definition) is 3. The van der Waals surface area contributed by atoms with Crippen LogP contribution in [0.2, 0.25) is 0 Å². The molecule has 1 aliphatic heterocycles. The third kappa shape index (κ3) is 5.18. The van der Waals surface area contributed by atoms with Crippen LogP contribution < -0.4 is 11.1 Å². The zero-order valence-electron chi connectivity index (χ0n) is 12.2. The SMILES string of the molecule is CC(C)[C@H](N)C(=O)NCC1CCN(C(=O)C(F)(F)F)CC1. The van der Waals surface area contributed by atoms with Crippen LogP contribution in [0.1, 0.15) is 26.7 Å². The lowest BCUT2D eigenvalue weighted by Crippen LogP contribution is -2.48. The van der Waals surface area contributed by atoms with Crippen molar-refractivity contribution in [1.82, 2.24) is 10.2 Å². The fraction of sp³-hybridized carbons (Fsp3) is 0.846. The van der Waals surface area contributed by atoms with Crippen molar-refractivity contribution in [2.45, 2.75) is 38.9 Å². The number of amides is 2. The van der Waals surface area contributed by atoms with Gasteiger partial charge in [-0.05, 0) is 24.7 Å². The van der Waals surface area contributed by atoms with Crippen molar-refractivity contribution in [3.63, 3.8) is 0 Å². The first kappa shape index (κ1) is 17.7. The summed E-state index contributed by atoms with van der Waals surface area (Å²) >= 11 is 0. The average Bonchev–Trinajstić information content (AvgIpc) is 2.42. The molecule has 0 aliphatic carbocycles. The van der Waals surface area contributed by atoms with Gasteiger partial charge in [0.25, 0.3) is 0 Å². The Labute approximate surface area is 122 Å². The molecule has 1 rings (SSSR count). The maximum absolute atomic E-state index is 12.3. The molecular formula is C13H22F3N3O2. The lowest BCUT2D eigenvalue weighted by molar-refractivity contribution is -0.186.